The number of fused-ring (bicyclic) bond motifs is 1. The molecule has 0 radical (unpaired) electrons. The van der Waals surface area contributed by atoms with Crippen LogP contribution in [0.4, 0.5) is 5.82 Å². The molecule has 1 amide bonds. The molecule has 5 rings (SSSR count). The summed E-state index contributed by atoms with van der Waals surface area (Å²) < 4.78 is 3.94. The van der Waals surface area contributed by atoms with E-state index in [-0.39, 0.29) is 5.91 Å². The Morgan fingerprint density at radius 1 is 0.903 bits per heavy atom. The van der Waals surface area contributed by atoms with Crippen LogP contribution in [-0.4, -0.2) is 61.3 Å². The molecule has 0 aliphatic carbocycles. The molecule has 0 atom stereocenters. The molecule has 8 nitrogen and oxygen atoms in total. The van der Waals surface area contributed by atoms with E-state index in [1.807, 2.05) is 36.2 Å². The van der Waals surface area contributed by atoms with Gasteiger partial charge in [0.1, 0.15) is 12.1 Å². The van der Waals surface area contributed by atoms with Gasteiger partial charge < -0.3 is 14.4 Å². The lowest BCUT2D eigenvalue weighted by Gasteiger charge is -2.35. The number of hydrogen-bond acceptors (Lipinski definition) is 5. The summed E-state index contributed by atoms with van der Waals surface area (Å²) in [4.78, 5) is 26.0. The Morgan fingerprint density at radius 2 is 1.58 bits per heavy atom. The fourth-order valence-electron chi connectivity index (χ4n) is 4.33. The summed E-state index contributed by atoms with van der Waals surface area (Å²) in [6, 6.07) is 12.1. The van der Waals surface area contributed by atoms with Crippen molar-refractivity contribution >= 4 is 22.8 Å². The summed E-state index contributed by atoms with van der Waals surface area (Å²) in [5.74, 6) is 0.952. The van der Waals surface area contributed by atoms with Gasteiger partial charge in [-0.05, 0) is 50.2 Å². The van der Waals surface area contributed by atoms with Gasteiger partial charge in [0.05, 0.1) is 11.6 Å². The second-order valence-corrected chi connectivity index (χ2v) is 7.98. The molecule has 3 aromatic heterocycles. The molecule has 1 saturated heterocycles. The number of carbonyl (C=O) groups excluding carboxylic acids is 1. The highest BCUT2D eigenvalue weighted by molar-refractivity contribution is 5.94. The maximum atomic E-state index is 13.1. The number of hydrogen-bond donors (Lipinski definition) is 0. The van der Waals surface area contributed by atoms with Crippen LogP contribution in [0.1, 0.15) is 21.7 Å². The second-order valence-electron chi connectivity index (χ2n) is 7.98. The van der Waals surface area contributed by atoms with E-state index in [0.717, 1.165) is 41.2 Å². The molecule has 1 fully saturated rings. The monoisotopic (exact) mass is 415 g/mol. The Kier molecular flexibility index (Phi) is 4.69. The Hall–Kier alpha value is -3.68. The van der Waals surface area contributed by atoms with Gasteiger partial charge in [0, 0.05) is 55.9 Å². The highest BCUT2D eigenvalue weighted by Crippen LogP contribution is 2.24. The highest BCUT2D eigenvalue weighted by atomic mass is 16.2. The molecule has 1 aliphatic heterocycles. The van der Waals surface area contributed by atoms with Crippen molar-refractivity contribution in [3.8, 4) is 5.69 Å². The molecular weight excluding hydrogens is 390 g/mol. The van der Waals surface area contributed by atoms with Crippen LogP contribution in [0.15, 0.2) is 48.9 Å². The zero-order valence-corrected chi connectivity index (χ0v) is 18.0. The Morgan fingerprint density at radius 3 is 2.26 bits per heavy atom. The molecule has 1 aliphatic rings. The predicted molar refractivity (Wildman–Crippen MR) is 120 cm³/mol. The quantitative estimate of drug-likeness (QED) is 0.515. The predicted octanol–water partition coefficient (Wildman–Crippen LogP) is 2.73. The van der Waals surface area contributed by atoms with Crippen LogP contribution >= 0.6 is 0 Å². The Labute approximate surface area is 180 Å². The number of amides is 1. The largest absolute Gasteiger partial charge is 0.352 e. The van der Waals surface area contributed by atoms with E-state index in [9.17, 15) is 4.79 Å². The SMILES string of the molecule is Cc1ccc(C)n1-c1ccc(C(=O)N2CCN(c3ncnc4c3cnn4C)CC2)cc1. The van der Waals surface area contributed by atoms with Crippen LogP contribution in [0.25, 0.3) is 16.7 Å². The topological polar surface area (TPSA) is 72.1 Å². The summed E-state index contributed by atoms with van der Waals surface area (Å²) in [5.41, 5.74) is 4.97. The Balaban J connectivity index is 1.29. The van der Waals surface area contributed by atoms with Crippen molar-refractivity contribution in [3.05, 3.63) is 65.9 Å². The minimum Gasteiger partial charge on any atom is -0.352 e. The number of aromatic nitrogens is 5. The zero-order chi connectivity index (χ0) is 21.5. The first-order chi connectivity index (χ1) is 15.0. The van der Waals surface area contributed by atoms with E-state index >= 15 is 0 Å². The highest BCUT2D eigenvalue weighted by Gasteiger charge is 2.24. The number of nitrogens with zero attached hydrogens (tertiary/aromatic N) is 7. The van der Waals surface area contributed by atoms with Crippen LogP contribution in [0.2, 0.25) is 0 Å². The fraction of sp³-hybridized carbons (Fsp3) is 0.304. The maximum absolute atomic E-state index is 13.1. The molecule has 0 unspecified atom stereocenters. The first-order valence-corrected chi connectivity index (χ1v) is 10.5. The minimum absolute atomic E-state index is 0.0707. The van der Waals surface area contributed by atoms with Crippen molar-refractivity contribution in [2.75, 3.05) is 31.1 Å². The van der Waals surface area contributed by atoms with E-state index in [0.29, 0.717) is 13.1 Å². The van der Waals surface area contributed by atoms with Crippen molar-refractivity contribution in [1.29, 1.82) is 0 Å². The van der Waals surface area contributed by atoms with Crippen LogP contribution in [0.5, 0.6) is 0 Å². The number of benzene rings is 1. The third kappa shape index (κ3) is 3.34. The van der Waals surface area contributed by atoms with Gasteiger partial charge in [-0.15, -0.1) is 0 Å². The molecule has 0 bridgehead atoms. The van der Waals surface area contributed by atoms with Crippen molar-refractivity contribution in [3.63, 3.8) is 0 Å². The first-order valence-electron chi connectivity index (χ1n) is 10.5. The lowest BCUT2D eigenvalue weighted by atomic mass is 10.1. The van der Waals surface area contributed by atoms with Crippen molar-refractivity contribution < 1.29 is 4.79 Å². The molecule has 8 heteroatoms. The molecule has 0 spiro atoms. The lowest BCUT2D eigenvalue weighted by Crippen LogP contribution is -2.49. The third-order valence-electron chi connectivity index (χ3n) is 6.02. The van der Waals surface area contributed by atoms with Gasteiger partial charge in [0.15, 0.2) is 5.65 Å². The van der Waals surface area contributed by atoms with Crippen LogP contribution in [0, 0.1) is 13.8 Å². The molecule has 4 heterocycles. The summed E-state index contributed by atoms with van der Waals surface area (Å²) in [6.45, 7) is 6.94. The van der Waals surface area contributed by atoms with Gasteiger partial charge in [-0.25, -0.2) is 9.97 Å². The Bertz CT molecular complexity index is 1230. The van der Waals surface area contributed by atoms with Gasteiger partial charge in [0.2, 0.25) is 0 Å². The average Bonchev–Trinajstić information content (AvgIpc) is 3.35. The van der Waals surface area contributed by atoms with Crippen molar-refractivity contribution in [2.45, 2.75) is 13.8 Å². The third-order valence-corrected chi connectivity index (χ3v) is 6.02. The van der Waals surface area contributed by atoms with Crippen molar-refractivity contribution in [1.82, 2.24) is 29.2 Å². The number of anilines is 1. The summed E-state index contributed by atoms with van der Waals surface area (Å²) in [5, 5.41) is 5.23. The maximum Gasteiger partial charge on any atom is 0.253 e. The van der Waals surface area contributed by atoms with Gasteiger partial charge in [-0.1, -0.05) is 0 Å². The summed E-state index contributed by atoms with van der Waals surface area (Å²) in [7, 11) is 1.87. The second kappa shape index (κ2) is 7.54. The molecule has 158 valence electrons. The molecular formula is C23H25N7O. The van der Waals surface area contributed by atoms with Gasteiger partial charge in [0.25, 0.3) is 5.91 Å². The summed E-state index contributed by atoms with van der Waals surface area (Å²) in [6.07, 6.45) is 3.38. The molecule has 31 heavy (non-hydrogen) atoms. The van der Waals surface area contributed by atoms with Gasteiger partial charge in [-0.2, -0.15) is 5.10 Å². The van der Waals surface area contributed by atoms with Crippen LogP contribution < -0.4 is 4.90 Å². The van der Waals surface area contributed by atoms with E-state index < -0.39 is 0 Å². The van der Waals surface area contributed by atoms with Crippen LogP contribution in [-0.2, 0) is 7.05 Å². The number of carbonyl (C=O) groups is 1. The fourth-order valence-corrected chi connectivity index (χ4v) is 4.33. The standard InChI is InChI=1S/C23H25N7O/c1-16-4-5-17(2)30(16)19-8-6-18(7-9-19)23(31)29-12-10-28(11-13-29)22-20-14-26-27(3)21(20)24-15-25-22/h4-9,14-15H,10-13H2,1-3H3. The number of rotatable bonds is 3. The lowest BCUT2D eigenvalue weighted by molar-refractivity contribution is 0.0746. The minimum atomic E-state index is 0.0707. The molecule has 0 N–H and O–H groups in total. The number of aryl methyl sites for hydroxylation is 3. The van der Waals surface area contributed by atoms with E-state index in [2.05, 4.69) is 50.5 Å². The average molecular weight is 416 g/mol. The summed E-state index contributed by atoms with van der Waals surface area (Å²) >= 11 is 0. The smallest absolute Gasteiger partial charge is 0.253 e. The molecule has 0 saturated carbocycles. The van der Waals surface area contributed by atoms with Gasteiger partial charge >= 0.3 is 0 Å². The van der Waals surface area contributed by atoms with Crippen LogP contribution in [0.3, 0.4) is 0 Å². The molecule has 4 aromatic rings. The van der Waals surface area contributed by atoms with E-state index in [1.54, 1.807) is 17.2 Å². The zero-order valence-electron chi connectivity index (χ0n) is 18.0. The van der Waals surface area contributed by atoms with Crippen molar-refractivity contribution in [2.24, 2.45) is 7.05 Å². The van der Waals surface area contributed by atoms with Gasteiger partial charge in [-0.3, -0.25) is 9.48 Å². The first kappa shape index (κ1) is 19.3. The molecule has 1 aromatic carbocycles. The van der Waals surface area contributed by atoms with E-state index in [1.165, 1.54) is 11.4 Å². The van der Waals surface area contributed by atoms with E-state index in [4.69, 9.17) is 0 Å². The number of piperazine rings is 1. The normalized spacial score (nSPS) is 14.4.